The molecule has 1 heterocycles. The molecule has 1 unspecified atom stereocenters. The van der Waals surface area contributed by atoms with E-state index < -0.39 is 0 Å². The number of hydrogen-bond donors (Lipinski definition) is 1. The predicted octanol–water partition coefficient (Wildman–Crippen LogP) is 0.932. The zero-order valence-corrected chi connectivity index (χ0v) is 9.46. The summed E-state index contributed by atoms with van der Waals surface area (Å²) in [6.07, 6.45) is 1.26. The van der Waals surface area contributed by atoms with Gasteiger partial charge in [0, 0.05) is 13.1 Å². The molecule has 1 saturated heterocycles. The zero-order valence-electron chi connectivity index (χ0n) is 9.46. The van der Waals surface area contributed by atoms with Crippen LogP contribution in [0.25, 0.3) is 0 Å². The van der Waals surface area contributed by atoms with Crippen LogP contribution < -0.4 is 5.32 Å². The highest BCUT2D eigenvalue weighted by Crippen LogP contribution is 2.03. The van der Waals surface area contributed by atoms with Gasteiger partial charge in [0.25, 0.3) is 0 Å². The van der Waals surface area contributed by atoms with Gasteiger partial charge in [0.15, 0.2) is 0 Å². The summed E-state index contributed by atoms with van der Waals surface area (Å²) < 4.78 is 15.8. The summed E-state index contributed by atoms with van der Waals surface area (Å²) in [6, 6.07) is 0. The summed E-state index contributed by atoms with van der Waals surface area (Å²) >= 11 is 0. The van der Waals surface area contributed by atoms with E-state index in [0.717, 1.165) is 38.3 Å². The SMILES string of the molecule is C=C(C)COCCNCC1CCOCO1. The molecule has 1 aliphatic rings. The minimum atomic E-state index is 0.292. The van der Waals surface area contributed by atoms with Crippen molar-refractivity contribution in [1.29, 1.82) is 0 Å². The van der Waals surface area contributed by atoms with Crippen LogP contribution in [0.3, 0.4) is 0 Å². The lowest BCUT2D eigenvalue weighted by atomic mass is 10.2. The largest absolute Gasteiger partial charge is 0.376 e. The summed E-state index contributed by atoms with van der Waals surface area (Å²) in [4.78, 5) is 0. The third-order valence-corrected chi connectivity index (χ3v) is 2.11. The fraction of sp³-hybridized carbons (Fsp3) is 0.818. The maximum Gasteiger partial charge on any atom is 0.147 e. The molecular formula is C11H21NO3. The van der Waals surface area contributed by atoms with Crippen LogP contribution in [0.5, 0.6) is 0 Å². The minimum Gasteiger partial charge on any atom is -0.376 e. The highest BCUT2D eigenvalue weighted by Gasteiger charge is 2.12. The van der Waals surface area contributed by atoms with Crippen LogP contribution in [0.15, 0.2) is 12.2 Å². The minimum absolute atomic E-state index is 0.292. The molecule has 1 N–H and O–H groups in total. The van der Waals surface area contributed by atoms with Crippen LogP contribution in [0, 0.1) is 0 Å². The molecule has 0 aromatic carbocycles. The Morgan fingerprint density at radius 1 is 1.60 bits per heavy atom. The Morgan fingerprint density at radius 3 is 3.13 bits per heavy atom. The lowest BCUT2D eigenvalue weighted by molar-refractivity contribution is -0.137. The van der Waals surface area contributed by atoms with E-state index in [4.69, 9.17) is 14.2 Å². The van der Waals surface area contributed by atoms with Crippen LogP contribution in [-0.2, 0) is 14.2 Å². The van der Waals surface area contributed by atoms with Crippen molar-refractivity contribution in [3.8, 4) is 0 Å². The third-order valence-electron chi connectivity index (χ3n) is 2.11. The number of ether oxygens (including phenoxy) is 3. The van der Waals surface area contributed by atoms with Gasteiger partial charge in [0.05, 0.1) is 25.9 Å². The summed E-state index contributed by atoms with van der Waals surface area (Å²) in [6.45, 7) is 10.1. The first-order chi connectivity index (χ1) is 7.29. The van der Waals surface area contributed by atoms with Crippen molar-refractivity contribution in [3.63, 3.8) is 0 Å². The van der Waals surface area contributed by atoms with Gasteiger partial charge in [-0.2, -0.15) is 0 Å². The second-order valence-corrected chi connectivity index (χ2v) is 3.82. The van der Waals surface area contributed by atoms with Crippen molar-refractivity contribution in [3.05, 3.63) is 12.2 Å². The Bertz CT molecular complexity index is 179. The lowest BCUT2D eigenvalue weighted by Crippen LogP contribution is -2.35. The van der Waals surface area contributed by atoms with Gasteiger partial charge in [-0.3, -0.25) is 0 Å². The smallest absolute Gasteiger partial charge is 0.147 e. The first kappa shape index (κ1) is 12.6. The van der Waals surface area contributed by atoms with Crippen molar-refractivity contribution >= 4 is 0 Å². The van der Waals surface area contributed by atoms with Gasteiger partial charge in [0.2, 0.25) is 0 Å². The summed E-state index contributed by atoms with van der Waals surface area (Å²) in [5.41, 5.74) is 1.06. The molecule has 88 valence electrons. The standard InChI is InChI=1S/C11H21NO3/c1-10(2)8-13-6-4-12-7-11-3-5-14-9-15-11/h11-12H,1,3-9H2,2H3. The number of rotatable bonds is 7. The molecule has 0 saturated carbocycles. The highest BCUT2D eigenvalue weighted by atomic mass is 16.7. The molecule has 0 radical (unpaired) electrons. The van der Waals surface area contributed by atoms with Gasteiger partial charge in [-0.1, -0.05) is 12.2 Å². The molecule has 0 aromatic rings. The topological polar surface area (TPSA) is 39.7 Å². The Hall–Kier alpha value is -0.420. The van der Waals surface area contributed by atoms with E-state index in [1.165, 1.54) is 0 Å². The van der Waals surface area contributed by atoms with E-state index in [2.05, 4.69) is 11.9 Å². The highest BCUT2D eigenvalue weighted by molar-refractivity contribution is 4.87. The molecule has 15 heavy (non-hydrogen) atoms. The maximum absolute atomic E-state index is 5.38. The van der Waals surface area contributed by atoms with Crippen LogP contribution in [0.4, 0.5) is 0 Å². The van der Waals surface area contributed by atoms with E-state index in [9.17, 15) is 0 Å². The molecule has 1 rings (SSSR count). The summed E-state index contributed by atoms with van der Waals surface area (Å²) in [7, 11) is 0. The number of nitrogens with one attached hydrogen (secondary N) is 1. The van der Waals surface area contributed by atoms with Gasteiger partial charge in [-0.25, -0.2) is 0 Å². The van der Waals surface area contributed by atoms with Crippen molar-refractivity contribution < 1.29 is 14.2 Å². The summed E-state index contributed by atoms with van der Waals surface area (Å²) in [5.74, 6) is 0. The lowest BCUT2D eigenvalue weighted by Gasteiger charge is -2.22. The van der Waals surface area contributed by atoms with Gasteiger partial charge in [-0.15, -0.1) is 0 Å². The quantitative estimate of drug-likeness (QED) is 0.506. The van der Waals surface area contributed by atoms with E-state index in [1.54, 1.807) is 0 Å². The molecule has 0 bridgehead atoms. The fourth-order valence-electron chi connectivity index (χ4n) is 1.32. The van der Waals surface area contributed by atoms with Crippen LogP contribution >= 0.6 is 0 Å². The van der Waals surface area contributed by atoms with E-state index in [0.29, 0.717) is 19.5 Å². The van der Waals surface area contributed by atoms with E-state index >= 15 is 0 Å². The monoisotopic (exact) mass is 215 g/mol. The van der Waals surface area contributed by atoms with E-state index in [-0.39, 0.29) is 0 Å². The van der Waals surface area contributed by atoms with Gasteiger partial charge < -0.3 is 19.5 Å². The molecule has 0 aliphatic carbocycles. The molecule has 1 fully saturated rings. The van der Waals surface area contributed by atoms with Gasteiger partial charge in [-0.05, 0) is 13.3 Å². The number of hydrogen-bond acceptors (Lipinski definition) is 4. The van der Waals surface area contributed by atoms with Crippen molar-refractivity contribution in [2.75, 3.05) is 39.7 Å². The predicted molar refractivity (Wildman–Crippen MR) is 58.8 cm³/mol. The normalized spacial score (nSPS) is 21.5. The zero-order chi connectivity index (χ0) is 10.9. The molecule has 1 atom stereocenters. The van der Waals surface area contributed by atoms with E-state index in [1.807, 2.05) is 6.92 Å². The molecule has 1 aliphatic heterocycles. The second kappa shape index (κ2) is 7.82. The summed E-state index contributed by atoms with van der Waals surface area (Å²) in [5, 5.41) is 3.29. The van der Waals surface area contributed by atoms with Gasteiger partial charge in [0.1, 0.15) is 6.79 Å². The Balaban J connectivity index is 1.85. The Morgan fingerprint density at radius 2 is 2.47 bits per heavy atom. The fourth-order valence-corrected chi connectivity index (χ4v) is 1.32. The van der Waals surface area contributed by atoms with Crippen molar-refractivity contribution in [1.82, 2.24) is 5.32 Å². The van der Waals surface area contributed by atoms with Crippen LogP contribution in [0.2, 0.25) is 0 Å². The molecular weight excluding hydrogens is 194 g/mol. The van der Waals surface area contributed by atoms with Crippen LogP contribution in [-0.4, -0.2) is 45.8 Å². The third kappa shape index (κ3) is 6.62. The molecule has 0 spiro atoms. The Kier molecular flexibility index (Phi) is 6.59. The molecule has 0 aromatic heterocycles. The Labute approximate surface area is 91.6 Å². The molecule has 0 amide bonds. The van der Waals surface area contributed by atoms with Crippen molar-refractivity contribution in [2.24, 2.45) is 0 Å². The van der Waals surface area contributed by atoms with Crippen LogP contribution in [0.1, 0.15) is 13.3 Å². The average molecular weight is 215 g/mol. The van der Waals surface area contributed by atoms with Gasteiger partial charge >= 0.3 is 0 Å². The van der Waals surface area contributed by atoms with Crippen molar-refractivity contribution in [2.45, 2.75) is 19.4 Å². The maximum atomic E-state index is 5.38. The second-order valence-electron chi connectivity index (χ2n) is 3.82. The first-order valence-electron chi connectivity index (χ1n) is 5.41. The molecule has 4 heteroatoms. The first-order valence-corrected chi connectivity index (χ1v) is 5.41. The molecule has 4 nitrogen and oxygen atoms in total. The average Bonchev–Trinajstić information content (AvgIpc) is 2.24.